The zero-order valence-electron chi connectivity index (χ0n) is 17.0. The second-order valence-electron chi connectivity index (χ2n) is 7.38. The Labute approximate surface area is 164 Å². The first-order chi connectivity index (χ1) is 13.1. The normalized spacial score (nSPS) is 15.0. The van der Waals surface area contributed by atoms with Crippen LogP contribution in [0.2, 0.25) is 0 Å². The number of nitrogens with zero attached hydrogens (tertiary/aromatic N) is 2. The largest absolute Gasteiger partial charge is 0.340 e. The zero-order valence-corrected chi connectivity index (χ0v) is 17.0. The van der Waals surface area contributed by atoms with Crippen molar-refractivity contribution in [2.24, 2.45) is 0 Å². The lowest BCUT2D eigenvalue weighted by Gasteiger charge is -2.34. The molecule has 5 nitrogen and oxygen atoms in total. The number of carbonyl (C=O) groups excluding carboxylic acids is 2. The highest BCUT2D eigenvalue weighted by Crippen LogP contribution is 2.15. The second-order valence-corrected chi connectivity index (χ2v) is 7.38. The summed E-state index contributed by atoms with van der Waals surface area (Å²) in [5.74, 6) is 0.291. The van der Waals surface area contributed by atoms with E-state index in [9.17, 15) is 9.59 Å². The van der Waals surface area contributed by atoms with Gasteiger partial charge in [-0.15, -0.1) is 0 Å². The van der Waals surface area contributed by atoms with Crippen LogP contribution in [0.4, 0.5) is 5.69 Å². The van der Waals surface area contributed by atoms with Crippen molar-refractivity contribution < 1.29 is 9.59 Å². The van der Waals surface area contributed by atoms with Crippen LogP contribution in [-0.4, -0.2) is 54.3 Å². The van der Waals surface area contributed by atoms with Gasteiger partial charge in [-0.1, -0.05) is 57.7 Å². The molecule has 0 saturated carbocycles. The van der Waals surface area contributed by atoms with Crippen LogP contribution < -0.4 is 5.32 Å². The van der Waals surface area contributed by atoms with E-state index < -0.39 is 0 Å². The number of hydrogen-bond acceptors (Lipinski definition) is 3. The summed E-state index contributed by atoms with van der Waals surface area (Å²) < 4.78 is 0. The molecule has 2 rings (SSSR count). The maximum atomic E-state index is 12.4. The Morgan fingerprint density at radius 3 is 2.37 bits per heavy atom. The highest BCUT2D eigenvalue weighted by Gasteiger charge is 2.22. The molecule has 27 heavy (non-hydrogen) atoms. The number of unbranched alkanes of at least 4 members (excludes halogenated alkanes) is 4. The van der Waals surface area contributed by atoms with Crippen LogP contribution in [0, 0.1) is 0 Å². The first kappa shape index (κ1) is 21.4. The molecule has 1 N–H and O–H groups in total. The van der Waals surface area contributed by atoms with Crippen molar-refractivity contribution >= 4 is 17.5 Å². The van der Waals surface area contributed by atoms with E-state index in [2.05, 4.69) is 24.1 Å². The number of nitrogens with one attached hydrogen (secondary N) is 1. The number of piperazine rings is 1. The summed E-state index contributed by atoms with van der Waals surface area (Å²) in [5.41, 5.74) is 2.06. The molecule has 0 spiro atoms. The second kappa shape index (κ2) is 11.8. The summed E-state index contributed by atoms with van der Waals surface area (Å²) in [5, 5.41) is 3.03. The van der Waals surface area contributed by atoms with Crippen molar-refractivity contribution in [3.05, 3.63) is 29.8 Å². The summed E-state index contributed by atoms with van der Waals surface area (Å²) in [7, 11) is 0. The van der Waals surface area contributed by atoms with E-state index in [1.807, 2.05) is 29.2 Å². The molecule has 150 valence electrons. The molecule has 0 aromatic heterocycles. The Kier molecular flexibility index (Phi) is 9.32. The van der Waals surface area contributed by atoms with Gasteiger partial charge in [0.15, 0.2) is 0 Å². The third-order valence-corrected chi connectivity index (χ3v) is 5.26. The fraction of sp³-hybridized carbons (Fsp3) is 0.636. The summed E-state index contributed by atoms with van der Waals surface area (Å²) in [6.45, 7) is 7.67. The first-order valence-corrected chi connectivity index (χ1v) is 10.5. The predicted molar refractivity (Wildman–Crippen MR) is 111 cm³/mol. The molecule has 0 radical (unpaired) electrons. The minimum Gasteiger partial charge on any atom is -0.340 e. The maximum Gasteiger partial charge on any atom is 0.238 e. The minimum atomic E-state index is 0.0200. The number of anilines is 1. The average molecular weight is 374 g/mol. The van der Waals surface area contributed by atoms with Crippen molar-refractivity contribution in [1.82, 2.24) is 9.80 Å². The lowest BCUT2D eigenvalue weighted by molar-refractivity contribution is -0.133. The van der Waals surface area contributed by atoms with Crippen LogP contribution in [0.1, 0.15) is 57.9 Å². The van der Waals surface area contributed by atoms with Crippen LogP contribution in [-0.2, 0) is 16.0 Å². The summed E-state index contributed by atoms with van der Waals surface area (Å²) in [6, 6.07) is 7.94. The molecular formula is C22H35N3O2. The van der Waals surface area contributed by atoms with E-state index in [0.717, 1.165) is 56.7 Å². The van der Waals surface area contributed by atoms with E-state index in [0.29, 0.717) is 13.0 Å². The third kappa shape index (κ3) is 7.33. The van der Waals surface area contributed by atoms with Gasteiger partial charge in [0.25, 0.3) is 0 Å². The molecule has 0 bridgehead atoms. The van der Waals surface area contributed by atoms with E-state index in [-0.39, 0.29) is 11.8 Å². The standard InChI is InChI=1S/C22H35N3O2/c1-3-5-6-7-8-13-22(27)25-16-14-24(15-17-25)18-21(26)23-20-12-10-9-11-19(20)4-2/h9-12H,3-8,13-18H2,1-2H3,(H,23,26). The monoisotopic (exact) mass is 373 g/mol. The summed E-state index contributed by atoms with van der Waals surface area (Å²) in [4.78, 5) is 28.8. The van der Waals surface area contributed by atoms with Gasteiger partial charge < -0.3 is 10.2 Å². The lowest BCUT2D eigenvalue weighted by atomic mass is 10.1. The number of amides is 2. The number of aryl methyl sites for hydroxylation is 1. The lowest BCUT2D eigenvalue weighted by Crippen LogP contribution is -2.50. The Balaban J connectivity index is 1.68. The zero-order chi connectivity index (χ0) is 19.5. The number of rotatable bonds is 10. The molecule has 1 aliphatic rings. The fourth-order valence-corrected chi connectivity index (χ4v) is 3.54. The minimum absolute atomic E-state index is 0.0200. The van der Waals surface area contributed by atoms with Gasteiger partial charge >= 0.3 is 0 Å². The molecule has 1 aliphatic heterocycles. The van der Waals surface area contributed by atoms with Crippen molar-refractivity contribution in [2.45, 2.75) is 58.8 Å². The van der Waals surface area contributed by atoms with E-state index >= 15 is 0 Å². The van der Waals surface area contributed by atoms with Gasteiger partial charge in [0, 0.05) is 38.3 Å². The Morgan fingerprint density at radius 2 is 1.67 bits per heavy atom. The predicted octanol–water partition coefficient (Wildman–Crippen LogP) is 3.69. The highest BCUT2D eigenvalue weighted by atomic mass is 16.2. The number of benzene rings is 1. The topological polar surface area (TPSA) is 52.7 Å². The molecule has 2 amide bonds. The molecule has 1 saturated heterocycles. The number of carbonyl (C=O) groups is 2. The van der Waals surface area contributed by atoms with Crippen molar-refractivity contribution in [3.8, 4) is 0 Å². The van der Waals surface area contributed by atoms with Gasteiger partial charge in [0.2, 0.25) is 11.8 Å². The number of hydrogen-bond donors (Lipinski definition) is 1. The third-order valence-electron chi connectivity index (χ3n) is 5.26. The highest BCUT2D eigenvalue weighted by molar-refractivity contribution is 5.93. The number of para-hydroxylation sites is 1. The Hall–Kier alpha value is -1.88. The van der Waals surface area contributed by atoms with Crippen molar-refractivity contribution in [3.63, 3.8) is 0 Å². The molecule has 1 aromatic rings. The molecule has 1 aromatic carbocycles. The molecule has 5 heteroatoms. The van der Waals surface area contributed by atoms with Gasteiger partial charge in [-0.2, -0.15) is 0 Å². The Bertz CT molecular complexity index is 595. The SMILES string of the molecule is CCCCCCCC(=O)N1CCN(CC(=O)Nc2ccccc2CC)CC1. The van der Waals surface area contributed by atoms with Crippen LogP contribution in [0.3, 0.4) is 0 Å². The molecule has 1 fully saturated rings. The van der Waals surface area contributed by atoms with Crippen molar-refractivity contribution in [2.75, 3.05) is 38.0 Å². The quantitative estimate of drug-likeness (QED) is 0.636. The van der Waals surface area contributed by atoms with Crippen LogP contribution >= 0.6 is 0 Å². The van der Waals surface area contributed by atoms with Gasteiger partial charge in [-0.3, -0.25) is 14.5 Å². The Morgan fingerprint density at radius 1 is 0.963 bits per heavy atom. The molecule has 0 atom stereocenters. The van der Waals surface area contributed by atoms with Crippen LogP contribution in [0.5, 0.6) is 0 Å². The van der Waals surface area contributed by atoms with E-state index in [1.165, 1.54) is 19.3 Å². The molecule has 0 aliphatic carbocycles. The van der Waals surface area contributed by atoms with Crippen LogP contribution in [0.25, 0.3) is 0 Å². The fourth-order valence-electron chi connectivity index (χ4n) is 3.54. The maximum absolute atomic E-state index is 12.4. The summed E-state index contributed by atoms with van der Waals surface area (Å²) >= 11 is 0. The molecular weight excluding hydrogens is 338 g/mol. The summed E-state index contributed by atoms with van der Waals surface area (Å²) in [6.07, 6.45) is 7.43. The van der Waals surface area contributed by atoms with Gasteiger partial charge in [0.1, 0.15) is 0 Å². The van der Waals surface area contributed by atoms with Gasteiger partial charge in [-0.25, -0.2) is 0 Å². The van der Waals surface area contributed by atoms with E-state index in [1.54, 1.807) is 0 Å². The van der Waals surface area contributed by atoms with E-state index in [4.69, 9.17) is 0 Å². The van der Waals surface area contributed by atoms with Crippen LogP contribution in [0.15, 0.2) is 24.3 Å². The van der Waals surface area contributed by atoms with Gasteiger partial charge in [-0.05, 0) is 24.5 Å². The van der Waals surface area contributed by atoms with Gasteiger partial charge in [0.05, 0.1) is 6.54 Å². The van der Waals surface area contributed by atoms with Crippen molar-refractivity contribution in [1.29, 1.82) is 0 Å². The molecule has 0 unspecified atom stereocenters. The average Bonchev–Trinajstić information content (AvgIpc) is 2.68. The first-order valence-electron chi connectivity index (χ1n) is 10.5. The smallest absolute Gasteiger partial charge is 0.238 e. The molecule has 1 heterocycles.